The Morgan fingerprint density at radius 1 is 1.62 bits per heavy atom. The van der Waals surface area contributed by atoms with Crippen LogP contribution in [-0.2, 0) is 10.9 Å². The minimum atomic E-state index is -4.56. The van der Waals surface area contributed by atoms with Crippen molar-refractivity contribution in [2.75, 3.05) is 6.61 Å². The Balaban J connectivity index is 3.09. The maximum Gasteiger partial charge on any atom is 0.435 e. The first-order valence-corrected chi connectivity index (χ1v) is 4.63. The Morgan fingerprint density at radius 3 is 2.69 bits per heavy atom. The Bertz CT molecular complexity index is 373. The van der Waals surface area contributed by atoms with Gasteiger partial charge >= 0.3 is 6.18 Å². The minimum Gasteiger partial charge on any atom is -0.357 e. The van der Waals surface area contributed by atoms with E-state index in [2.05, 4.69) is 5.10 Å². The third-order valence-corrected chi connectivity index (χ3v) is 1.93. The summed E-state index contributed by atoms with van der Waals surface area (Å²) in [5.41, 5.74) is -1.26. The van der Waals surface area contributed by atoms with Crippen molar-refractivity contribution < 1.29 is 22.7 Å². The number of rotatable bonds is 4. The summed E-state index contributed by atoms with van der Waals surface area (Å²) in [6.07, 6.45) is -4.95. The molecule has 90 valence electrons. The van der Waals surface area contributed by atoms with Crippen LogP contribution in [0, 0.1) is 0 Å². The Morgan fingerprint density at radius 2 is 2.25 bits per heavy atom. The number of aromatic nitrogens is 2. The molecule has 0 fully saturated rings. The monoisotopic (exact) mass is 236 g/mol. The molecule has 16 heavy (non-hydrogen) atoms. The van der Waals surface area contributed by atoms with Crippen molar-refractivity contribution in [2.24, 2.45) is 0 Å². The summed E-state index contributed by atoms with van der Waals surface area (Å²) in [4.78, 5) is 10.6. The van der Waals surface area contributed by atoms with Gasteiger partial charge in [-0.05, 0) is 19.9 Å². The van der Waals surface area contributed by atoms with Crippen molar-refractivity contribution in [3.05, 3.63) is 17.5 Å². The van der Waals surface area contributed by atoms with Gasteiger partial charge in [0, 0.05) is 6.61 Å². The molecule has 0 aliphatic heterocycles. The highest BCUT2D eigenvalue weighted by Crippen LogP contribution is 2.29. The molecule has 1 rings (SSSR count). The second-order valence-electron chi connectivity index (χ2n) is 3.07. The van der Waals surface area contributed by atoms with E-state index in [1.165, 1.54) is 6.92 Å². The normalized spacial score (nSPS) is 13.8. The molecule has 7 heteroatoms. The van der Waals surface area contributed by atoms with Crippen LogP contribution in [0.25, 0.3) is 0 Å². The molecule has 1 atom stereocenters. The molecule has 0 aliphatic carbocycles. The van der Waals surface area contributed by atoms with Gasteiger partial charge in [-0.3, -0.25) is 4.79 Å². The highest BCUT2D eigenvalue weighted by atomic mass is 19.4. The lowest BCUT2D eigenvalue weighted by Gasteiger charge is -2.13. The zero-order valence-corrected chi connectivity index (χ0v) is 8.78. The van der Waals surface area contributed by atoms with Crippen LogP contribution in [0.1, 0.15) is 36.3 Å². The first-order valence-electron chi connectivity index (χ1n) is 4.63. The smallest absolute Gasteiger partial charge is 0.357 e. The summed E-state index contributed by atoms with van der Waals surface area (Å²) in [6.45, 7) is 3.54. The second-order valence-corrected chi connectivity index (χ2v) is 3.07. The first-order chi connectivity index (χ1) is 7.40. The van der Waals surface area contributed by atoms with Crippen molar-refractivity contribution >= 4 is 6.29 Å². The van der Waals surface area contributed by atoms with Crippen LogP contribution in [0.4, 0.5) is 13.2 Å². The Labute approximate surface area is 90.0 Å². The summed E-state index contributed by atoms with van der Waals surface area (Å²) in [7, 11) is 0. The van der Waals surface area contributed by atoms with Crippen molar-refractivity contribution in [1.82, 2.24) is 9.78 Å². The van der Waals surface area contributed by atoms with Crippen LogP contribution in [-0.4, -0.2) is 22.7 Å². The van der Waals surface area contributed by atoms with Gasteiger partial charge in [0.1, 0.15) is 11.9 Å². The second kappa shape index (κ2) is 4.65. The summed E-state index contributed by atoms with van der Waals surface area (Å²) in [5.74, 6) is 0. The summed E-state index contributed by atoms with van der Waals surface area (Å²) in [6, 6.07) is 0.697. The molecule has 0 unspecified atom stereocenters. The molecular weight excluding hydrogens is 225 g/mol. The fraction of sp³-hybridized carbons (Fsp3) is 0.556. The van der Waals surface area contributed by atoms with Gasteiger partial charge in [0.25, 0.3) is 0 Å². The third kappa shape index (κ3) is 2.60. The molecule has 0 aliphatic rings. The number of ether oxygens (including phenoxy) is 1. The molecule has 0 N–H and O–H groups in total. The maximum atomic E-state index is 12.3. The molecule has 0 radical (unpaired) electrons. The molecule has 1 aromatic rings. The fourth-order valence-electron chi connectivity index (χ4n) is 1.24. The van der Waals surface area contributed by atoms with Gasteiger partial charge in [0.05, 0.1) is 0 Å². The predicted molar refractivity (Wildman–Crippen MR) is 49.0 cm³/mol. The van der Waals surface area contributed by atoms with Crippen LogP contribution in [0.3, 0.4) is 0 Å². The first kappa shape index (κ1) is 12.7. The zero-order chi connectivity index (χ0) is 12.3. The van der Waals surface area contributed by atoms with Crippen molar-refractivity contribution in [2.45, 2.75) is 26.3 Å². The molecule has 0 amide bonds. The van der Waals surface area contributed by atoms with E-state index in [0.29, 0.717) is 19.0 Å². The standard InChI is InChI=1S/C9H11F3N2O2/c1-3-16-6(2)14-7(5-15)4-8(13-14)9(10,11)12/h4-6H,3H2,1-2H3/t6-/m0/s1. The quantitative estimate of drug-likeness (QED) is 0.753. The molecule has 1 heterocycles. The van der Waals surface area contributed by atoms with E-state index >= 15 is 0 Å². The number of halogens is 3. The molecular formula is C9H11F3N2O2. The van der Waals surface area contributed by atoms with Crippen molar-refractivity contribution in [3.63, 3.8) is 0 Å². The number of aldehydes is 1. The van der Waals surface area contributed by atoms with Crippen molar-refractivity contribution in [1.29, 1.82) is 0 Å². The lowest BCUT2D eigenvalue weighted by molar-refractivity contribution is -0.142. The molecule has 1 aromatic heterocycles. The Kier molecular flexibility index (Phi) is 3.69. The SMILES string of the molecule is CCO[C@@H](C)n1nc(C(F)(F)F)cc1C=O. The van der Waals surface area contributed by atoms with E-state index < -0.39 is 18.1 Å². The highest BCUT2D eigenvalue weighted by molar-refractivity contribution is 5.72. The minimum absolute atomic E-state index is 0.159. The number of nitrogens with zero attached hydrogens (tertiary/aromatic N) is 2. The average Bonchev–Trinajstić information content (AvgIpc) is 2.61. The van der Waals surface area contributed by atoms with Crippen LogP contribution >= 0.6 is 0 Å². The van der Waals surface area contributed by atoms with E-state index in [1.807, 2.05) is 0 Å². The van der Waals surface area contributed by atoms with Gasteiger partial charge in [0.2, 0.25) is 0 Å². The fourth-order valence-corrected chi connectivity index (χ4v) is 1.24. The van der Waals surface area contributed by atoms with Gasteiger partial charge in [-0.25, -0.2) is 4.68 Å². The van der Waals surface area contributed by atoms with Crippen LogP contribution in [0.5, 0.6) is 0 Å². The third-order valence-electron chi connectivity index (χ3n) is 1.93. The van der Waals surface area contributed by atoms with Gasteiger partial charge in [-0.2, -0.15) is 18.3 Å². The van der Waals surface area contributed by atoms with Crippen LogP contribution in [0.2, 0.25) is 0 Å². The lowest BCUT2D eigenvalue weighted by atomic mass is 10.3. The largest absolute Gasteiger partial charge is 0.435 e. The molecule has 0 saturated carbocycles. The van der Waals surface area contributed by atoms with Gasteiger partial charge in [-0.1, -0.05) is 0 Å². The number of alkyl halides is 3. The van der Waals surface area contributed by atoms with E-state index in [1.54, 1.807) is 6.92 Å². The molecule has 4 nitrogen and oxygen atoms in total. The summed E-state index contributed by atoms with van der Waals surface area (Å²) >= 11 is 0. The van der Waals surface area contributed by atoms with Gasteiger partial charge < -0.3 is 4.74 Å². The number of hydrogen-bond acceptors (Lipinski definition) is 3. The van der Waals surface area contributed by atoms with Crippen molar-refractivity contribution in [3.8, 4) is 0 Å². The summed E-state index contributed by atoms with van der Waals surface area (Å²) in [5, 5.41) is 3.31. The van der Waals surface area contributed by atoms with E-state index in [9.17, 15) is 18.0 Å². The highest BCUT2D eigenvalue weighted by Gasteiger charge is 2.35. The molecule has 0 aromatic carbocycles. The Hall–Kier alpha value is -1.37. The summed E-state index contributed by atoms with van der Waals surface area (Å²) < 4.78 is 43.0. The van der Waals surface area contributed by atoms with Crippen LogP contribution < -0.4 is 0 Å². The molecule has 0 spiro atoms. The maximum absolute atomic E-state index is 12.3. The van der Waals surface area contributed by atoms with Gasteiger partial charge in [-0.15, -0.1) is 0 Å². The number of carbonyl (C=O) groups excluding carboxylic acids is 1. The number of carbonyl (C=O) groups is 1. The zero-order valence-electron chi connectivity index (χ0n) is 8.78. The average molecular weight is 236 g/mol. The van der Waals surface area contributed by atoms with E-state index in [4.69, 9.17) is 4.74 Å². The van der Waals surface area contributed by atoms with E-state index in [0.717, 1.165) is 4.68 Å². The lowest BCUT2D eigenvalue weighted by Crippen LogP contribution is -2.15. The van der Waals surface area contributed by atoms with E-state index in [-0.39, 0.29) is 5.69 Å². The predicted octanol–water partition coefficient (Wildman–Crippen LogP) is 2.27. The van der Waals surface area contributed by atoms with Gasteiger partial charge in [0.15, 0.2) is 12.0 Å². The number of hydrogen-bond donors (Lipinski definition) is 0. The molecule has 0 saturated heterocycles. The molecule has 0 bridgehead atoms. The van der Waals surface area contributed by atoms with Crippen LogP contribution in [0.15, 0.2) is 6.07 Å². The topological polar surface area (TPSA) is 44.1 Å².